The van der Waals surface area contributed by atoms with E-state index in [4.69, 9.17) is 0 Å². The van der Waals surface area contributed by atoms with Crippen LogP contribution in [0.4, 0.5) is 0 Å². The third kappa shape index (κ3) is 131. The van der Waals surface area contributed by atoms with Crippen LogP contribution in [0.25, 0.3) is 0 Å². The van der Waals surface area contributed by atoms with Gasteiger partial charge in [-0.25, -0.2) is 0 Å². The van der Waals surface area contributed by atoms with Crippen LogP contribution >= 0.6 is 0 Å². The molecule has 0 amide bonds. The second kappa shape index (κ2) is 89.0. The zero-order valence-electron chi connectivity index (χ0n) is 48.7. The molecule has 0 aromatic rings. The first kappa shape index (κ1) is 92.7. The standard InChI is InChI=1S/6C10H20O2.3Cu/c6*1-2-3-4-5-6-7-8-9-10(11)12;;;/h6*2-9H2,1H3,(H,11,12);;;/q;;;;;;3*+2/p-6. The summed E-state index contributed by atoms with van der Waals surface area (Å²) < 4.78 is 0. The zero-order valence-corrected chi connectivity index (χ0v) is 51.6. The number of carboxylic acids is 6. The second-order valence-electron chi connectivity index (χ2n) is 19.5. The average Bonchev–Trinajstić information content (AvgIpc) is 3.33. The van der Waals surface area contributed by atoms with E-state index in [1.165, 1.54) is 193 Å². The van der Waals surface area contributed by atoms with Crippen LogP contribution in [0, 0.1) is 0 Å². The molecule has 0 aliphatic carbocycles. The maximum Gasteiger partial charge on any atom is 2.00 e. The minimum absolute atomic E-state index is 0. The topological polar surface area (TPSA) is 241 Å². The molecule has 459 valence electrons. The summed E-state index contributed by atoms with van der Waals surface area (Å²) in [6.07, 6.45) is 50.1. The molecule has 0 heterocycles. The number of rotatable bonds is 48. The molecule has 0 saturated heterocycles. The van der Waals surface area contributed by atoms with Crippen molar-refractivity contribution in [1.82, 2.24) is 0 Å². The quantitative estimate of drug-likeness (QED) is 0.0408. The van der Waals surface area contributed by atoms with Crippen molar-refractivity contribution in [3.8, 4) is 0 Å². The SMILES string of the molecule is CCCCCCCCCC(=O)[O-].CCCCCCCCCC(=O)[O-].CCCCCCCCCC(=O)[O-].CCCCCCCCCC(=O)[O-].CCCCCCCCCC(=O)[O-].CCCCCCCCCC(=O)[O-].[Cu+2].[Cu+2].[Cu+2]. The fourth-order valence-corrected chi connectivity index (χ4v) is 7.36. The average molecular weight is 1220 g/mol. The third-order valence-corrected chi connectivity index (χ3v) is 11.9. The fraction of sp³-hybridized carbons (Fsp3) is 0.900. The molecule has 0 fully saturated rings. The number of carbonyl (C=O) groups excluding carboxylic acids is 6. The Kier molecular flexibility index (Phi) is 110. The van der Waals surface area contributed by atoms with Crippen LogP contribution in [0.15, 0.2) is 0 Å². The molecule has 0 unspecified atom stereocenters. The van der Waals surface area contributed by atoms with Crippen molar-refractivity contribution in [2.45, 2.75) is 350 Å². The van der Waals surface area contributed by atoms with Gasteiger partial charge in [-0.3, -0.25) is 0 Å². The van der Waals surface area contributed by atoms with E-state index < -0.39 is 35.8 Å². The van der Waals surface area contributed by atoms with Gasteiger partial charge in [-0.2, -0.15) is 0 Å². The van der Waals surface area contributed by atoms with E-state index in [1.54, 1.807) is 0 Å². The summed E-state index contributed by atoms with van der Waals surface area (Å²) in [7, 11) is 0. The van der Waals surface area contributed by atoms with Crippen molar-refractivity contribution in [2.75, 3.05) is 0 Å². The summed E-state index contributed by atoms with van der Waals surface area (Å²) in [6, 6.07) is 0. The van der Waals surface area contributed by atoms with E-state index in [0.717, 1.165) is 77.0 Å². The number of carbonyl (C=O) groups is 6. The summed E-state index contributed by atoms with van der Waals surface area (Å²) >= 11 is 0. The van der Waals surface area contributed by atoms with Gasteiger partial charge in [0.25, 0.3) is 0 Å². The Morgan fingerprint density at radius 1 is 0.173 bits per heavy atom. The minimum Gasteiger partial charge on any atom is -0.550 e. The molecular weight excluding hydrogens is 1100 g/mol. The number of unbranched alkanes of at least 4 members (excludes halogenated alkanes) is 36. The van der Waals surface area contributed by atoms with Gasteiger partial charge in [0, 0.05) is 35.8 Å². The monoisotopic (exact) mass is 1220 g/mol. The van der Waals surface area contributed by atoms with Gasteiger partial charge in [0.2, 0.25) is 0 Å². The van der Waals surface area contributed by atoms with Crippen LogP contribution in [-0.4, -0.2) is 35.8 Å². The van der Waals surface area contributed by atoms with Gasteiger partial charge in [0.15, 0.2) is 0 Å². The molecule has 12 nitrogen and oxygen atoms in total. The molecule has 15 heteroatoms. The molecular formula is C60H114Cu3O12. The molecule has 0 N–H and O–H groups in total. The molecule has 0 aliphatic rings. The molecule has 0 aromatic carbocycles. The van der Waals surface area contributed by atoms with Gasteiger partial charge in [-0.15, -0.1) is 0 Å². The van der Waals surface area contributed by atoms with Crippen LogP contribution in [0.1, 0.15) is 350 Å². The maximum absolute atomic E-state index is 10.0. The van der Waals surface area contributed by atoms with Crippen molar-refractivity contribution < 1.29 is 111 Å². The first-order chi connectivity index (χ1) is 34.6. The predicted octanol–water partition coefficient (Wildman–Crippen LogP) is 11.3. The van der Waals surface area contributed by atoms with Crippen molar-refractivity contribution in [2.24, 2.45) is 0 Å². The van der Waals surface area contributed by atoms with Gasteiger partial charge in [-0.05, 0) is 77.0 Å². The van der Waals surface area contributed by atoms with Crippen LogP contribution in [0.2, 0.25) is 0 Å². The molecule has 0 aliphatic heterocycles. The Bertz CT molecular complexity index is 898. The van der Waals surface area contributed by atoms with Gasteiger partial charge in [0.05, 0.1) is 0 Å². The Balaban J connectivity index is -0.0000000988. The number of aliphatic carboxylic acids is 6. The van der Waals surface area contributed by atoms with E-state index in [-0.39, 0.29) is 89.7 Å². The molecule has 0 rings (SSSR count). The zero-order chi connectivity index (χ0) is 55.4. The third-order valence-electron chi connectivity index (χ3n) is 11.9. The van der Waals surface area contributed by atoms with Crippen LogP contribution in [0.3, 0.4) is 0 Å². The molecule has 0 aromatic heterocycles. The van der Waals surface area contributed by atoms with Crippen LogP contribution in [0.5, 0.6) is 0 Å². The summed E-state index contributed by atoms with van der Waals surface area (Å²) in [6.45, 7) is 13.1. The number of carboxylic acid groups (broad SMARTS) is 6. The van der Waals surface area contributed by atoms with Crippen LogP contribution in [-0.2, 0) is 80.0 Å². The Labute approximate surface area is 493 Å². The van der Waals surface area contributed by atoms with Gasteiger partial charge < -0.3 is 59.4 Å². The van der Waals surface area contributed by atoms with Crippen molar-refractivity contribution in [1.29, 1.82) is 0 Å². The van der Waals surface area contributed by atoms with Crippen molar-refractivity contribution >= 4 is 35.8 Å². The Hall–Kier alpha value is -1.62. The van der Waals surface area contributed by atoms with Crippen molar-refractivity contribution in [3.63, 3.8) is 0 Å². The van der Waals surface area contributed by atoms with E-state index in [9.17, 15) is 59.4 Å². The first-order valence-electron chi connectivity index (χ1n) is 29.8. The Morgan fingerprint density at radius 3 is 0.333 bits per heavy atom. The van der Waals surface area contributed by atoms with E-state index in [0.29, 0.717) is 0 Å². The summed E-state index contributed by atoms with van der Waals surface area (Å²) in [5, 5.41) is 60.1. The van der Waals surface area contributed by atoms with E-state index in [1.807, 2.05) is 0 Å². The Morgan fingerprint density at radius 2 is 0.253 bits per heavy atom. The number of hydrogen-bond acceptors (Lipinski definition) is 12. The normalized spacial score (nSPS) is 9.68. The summed E-state index contributed by atoms with van der Waals surface area (Å²) in [5.74, 6) is -5.48. The maximum atomic E-state index is 10.0. The molecule has 75 heavy (non-hydrogen) atoms. The smallest absolute Gasteiger partial charge is 0.550 e. The minimum atomic E-state index is -0.913. The predicted molar refractivity (Wildman–Crippen MR) is 286 cm³/mol. The first-order valence-corrected chi connectivity index (χ1v) is 29.8. The van der Waals surface area contributed by atoms with Crippen LogP contribution < -0.4 is 30.6 Å². The fourth-order valence-electron chi connectivity index (χ4n) is 7.36. The molecule has 3 radical (unpaired) electrons. The van der Waals surface area contributed by atoms with Gasteiger partial charge in [0.1, 0.15) is 0 Å². The summed E-state index contributed by atoms with van der Waals surface area (Å²) in [5.41, 5.74) is 0. The second-order valence-corrected chi connectivity index (χ2v) is 19.5. The van der Waals surface area contributed by atoms with Crippen molar-refractivity contribution in [3.05, 3.63) is 0 Å². The molecule has 0 bridgehead atoms. The van der Waals surface area contributed by atoms with E-state index in [2.05, 4.69) is 41.5 Å². The van der Waals surface area contributed by atoms with Gasteiger partial charge in [-0.1, -0.05) is 273 Å². The van der Waals surface area contributed by atoms with E-state index >= 15 is 0 Å². The molecule has 0 saturated carbocycles. The molecule has 0 spiro atoms. The number of hydrogen-bond donors (Lipinski definition) is 0. The summed E-state index contributed by atoms with van der Waals surface area (Å²) in [4.78, 5) is 60.1. The van der Waals surface area contributed by atoms with Gasteiger partial charge >= 0.3 is 51.2 Å². The largest absolute Gasteiger partial charge is 2.00 e. The molecule has 0 atom stereocenters.